The number of carbonyl (C=O) groups is 2. The molecule has 1 aromatic heterocycles. The summed E-state index contributed by atoms with van der Waals surface area (Å²) >= 11 is 0. The Balaban J connectivity index is 1.17. The molecule has 2 amide bonds. The molecule has 2 aliphatic heterocycles. The standard InChI is InChI=1S/C23H32N6O3/c1-17-3-5-19(6-4-17)23-25-22(32-26-23)16-28-13-11-27(12-14-28)15-21(31)24-20-7-9-29(10-8-20)18(2)30/h3-6,20H,7-16H2,1-2H3,(H,24,31). The van der Waals surface area contributed by atoms with E-state index in [1.54, 1.807) is 6.92 Å². The van der Waals surface area contributed by atoms with Crippen molar-refractivity contribution in [2.24, 2.45) is 0 Å². The lowest BCUT2D eigenvalue weighted by molar-refractivity contribution is -0.130. The van der Waals surface area contributed by atoms with Crippen molar-refractivity contribution in [1.82, 2.24) is 30.2 Å². The largest absolute Gasteiger partial charge is 0.352 e. The summed E-state index contributed by atoms with van der Waals surface area (Å²) in [6.07, 6.45) is 1.65. The third kappa shape index (κ3) is 5.92. The van der Waals surface area contributed by atoms with Gasteiger partial charge in [0.2, 0.25) is 23.5 Å². The van der Waals surface area contributed by atoms with E-state index < -0.39 is 0 Å². The Bertz CT molecular complexity index is 912. The fourth-order valence-electron chi connectivity index (χ4n) is 4.25. The van der Waals surface area contributed by atoms with Gasteiger partial charge in [-0.05, 0) is 19.8 Å². The molecule has 32 heavy (non-hydrogen) atoms. The van der Waals surface area contributed by atoms with Gasteiger partial charge >= 0.3 is 0 Å². The highest BCUT2D eigenvalue weighted by Crippen LogP contribution is 2.17. The monoisotopic (exact) mass is 440 g/mol. The van der Waals surface area contributed by atoms with Gasteiger partial charge in [-0.1, -0.05) is 35.0 Å². The third-order valence-electron chi connectivity index (χ3n) is 6.27. The highest BCUT2D eigenvalue weighted by Gasteiger charge is 2.24. The van der Waals surface area contributed by atoms with Gasteiger partial charge in [0.15, 0.2) is 0 Å². The summed E-state index contributed by atoms with van der Waals surface area (Å²) in [5.41, 5.74) is 2.15. The molecule has 4 rings (SSSR count). The molecule has 2 aromatic rings. The van der Waals surface area contributed by atoms with Gasteiger partial charge in [-0.15, -0.1) is 0 Å². The number of likely N-dealkylation sites (tertiary alicyclic amines) is 1. The van der Waals surface area contributed by atoms with Gasteiger partial charge in [0.1, 0.15) is 0 Å². The van der Waals surface area contributed by atoms with Crippen LogP contribution in [0.5, 0.6) is 0 Å². The molecule has 0 spiro atoms. The molecule has 2 saturated heterocycles. The number of amides is 2. The number of benzene rings is 1. The normalized spacial score (nSPS) is 18.6. The molecule has 0 bridgehead atoms. The zero-order valence-corrected chi connectivity index (χ0v) is 18.9. The average Bonchev–Trinajstić information content (AvgIpc) is 3.24. The first-order valence-corrected chi connectivity index (χ1v) is 11.4. The van der Waals surface area contributed by atoms with Gasteiger partial charge in [0.05, 0.1) is 13.1 Å². The van der Waals surface area contributed by atoms with Crippen LogP contribution in [0.3, 0.4) is 0 Å². The van der Waals surface area contributed by atoms with Crippen molar-refractivity contribution < 1.29 is 14.1 Å². The van der Waals surface area contributed by atoms with Crippen LogP contribution in [0.25, 0.3) is 11.4 Å². The maximum Gasteiger partial charge on any atom is 0.241 e. The number of nitrogens with one attached hydrogen (secondary N) is 1. The number of rotatable bonds is 6. The van der Waals surface area contributed by atoms with Crippen LogP contribution in [0, 0.1) is 6.92 Å². The van der Waals surface area contributed by atoms with Crippen molar-refractivity contribution in [3.8, 4) is 11.4 Å². The second kappa shape index (κ2) is 10.2. The summed E-state index contributed by atoms with van der Waals surface area (Å²) in [4.78, 5) is 34.7. The van der Waals surface area contributed by atoms with Crippen LogP contribution in [0.2, 0.25) is 0 Å². The van der Waals surface area contributed by atoms with Gasteiger partial charge in [-0.25, -0.2) is 0 Å². The molecule has 9 nitrogen and oxygen atoms in total. The number of hydrogen-bond donors (Lipinski definition) is 1. The van der Waals surface area contributed by atoms with Crippen molar-refractivity contribution in [1.29, 1.82) is 0 Å². The Morgan fingerprint density at radius 3 is 2.34 bits per heavy atom. The minimum atomic E-state index is 0.0689. The first kappa shape index (κ1) is 22.4. The summed E-state index contributed by atoms with van der Waals surface area (Å²) in [7, 11) is 0. The van der Waals surface area contributed by atoms with E-state index in [0.717, 1.165) is 57.7 Å². The topological polar surface area (TPSA) is 94.8 Å². The molecule has 1 aromatic carbocycles. The van der Waals surface area contributed by atoms with E-state index in [4.69, 9.17) is 4.52 Å². The quantitative estimate of drug-likeness (QED) is 0.723. The first-order valence-electron chi connectivity index (χ1n) is 11.4. The zero-order chi connectivity index (χ0) is 22.5. The fourth-order valence-corrected chi connectivity index (χ4v) is 4.25. The molecule has 2 fully saturated rings. The molecule has 0 atom stereocenters. The van der Waals surface area contributed by atoms with E-state index in [1.165, 1.54) is 5.56 Å². The second-order valence-corrected chi connectivity index (χ2v) is 8.78. The highest BCUT2D eigenvalue weighted by atomic mass is 16.5. The number of piperazine rings is 1. The molecule has 0 radical (unpaired) electrons. The Labute approximate surface area is 188 Å². The predicted molar refractivity (Wildman–Crippen MR) is 120 cm³/mol. The van der Waals surface area contributed by atoms with E-state index in [2.05, 4.69) is 25.3 Å². The van der Waals surface area contributed by atoms with E-state index in [9.17, 15) is 9.59 Å². The van der Waals surface area contributed by atoms with Gasteiger partial charge in [-0.3, -0.25) is 19.4 Å². The van der Waals surface area contributed by atoms with E-state index in [1.807, 2.05) is 36.1 Å². The van der Waals surface area contributed by atoms with Crippen LogP contribution in [-0.4, -0.2) is 88.5 Å². The van der Waals surface area contributed by atoms with Crippen molar-refractivity contribution in [3.05, 3.63) is 35.7 Å². The second-order valence-electron chi connectivity index (χ2n) is 8.78. The summed E-state index contributed by atoms with van der Waals surface area (Å²) in [6, 6.07) is 8.24. The van der Waals surface area contributed by atoms with Gasteiger partial charge in [0, 0.05) is 57.8 Å². The van der Waals surface area contributed by atoms with Crippen LogP contribution in [0.1, 0.15) is 31.2 Å². The predicted octanol–water partition coefficient (Wildman–Crippen LogP) is 1.29. The van der Waals surface area contributed by atoms with Gasteiger partial charge in [0.25, 0.3) is 0 Å². The molecular weight excluding hydrogens is 408 g/mol. The molecule has 0 aliphatic carbocycles. The van der Waals surface area contributed by atoms with Crippen molar-refractivity contribution in [3.63, 3.8) is 0 Å². The van der Waals surface area contributed by atoms with Crippen LogP contribution in [0.4, 0.5) is 0 Å². The third-order valence-corrected chi connectivity index (χ3v) is 6.27. The Morgan fingerprint density at radius 1 is 1.03 bits per heavy atom. The molecule has 0 saturated carbocycles. The highest BCUT2D eigenvalue weighted by molar-refractivity contribution is 5.78. The Kier molecular flexibility index (Phi) is 7.16. The molecule has 0 unspecified atom stereocenters. The van der Waals surface area contributed by atoms with Gasteiger partial charge < -0.3 is 14.7 Å². The minimum Gasteiger partial charge on any atom is -0.352 e. The lowest BCUT2D eigenvalue weighted by Gasteiger charge is -2.35. The number of piperidine rings is 1. The van der Waals surface area contributed by atoms with Crippen molar-refractivity contribution in [2.75, 3.05) is 45.8 Å². The fraction of sp³-hybridized carbons (Fsp3) is 0.565. The maximum atomic E-state index is 12.4. The lowest BCUT2D eigenvalue weighted by Crippen LogP contribution is -2.51. The summed E-state index contributed by atoms with van der Waals surface area (Å²) in [5, 5.41) is 7.24. The van der Waals surface area contributed by atoms with Crippen LogP contribution in [0.15, 0.2) is 28.8 Å². The number of hydrogen-bond acceptors (Lipinski definition) is 7. The number of nitrogens with zero attached hydrogens (tertiary/aromatic N) is 5. The van der Waals surface area contributed by atoms with Crippen LogP contribution in [-0.2, 0) is 16.1 Å². The van der Waals surface area contributed by atoms with Crippen LogP contribution >= 0.6 is 0 Å². The maximum absolute atomic E-state index is 12.4. The molecule has 2 aliphatic rings. The lowest BCUT2D eigenvalue weighted by atomic mass is 10.1. The van der Waals surface area contributed by atoms with E-state index in [0.29, 0.717) is 24.8 Å². The molecule has 3 heterocycles. The number of aryl methyl sites for hydroxylation is 1. The number of aromatic nitrogens is 2. The number of carbonyl (C=O) groups excluding carboxylic acids is 2. The molecule has 172 valence electrons. The smallest absolute Gasteiger partial charge is 0.241 e. The molecule has 1 N–H and O–H groups in total. The molecular formula is C23H32N6O3. The van der Waals surface area contributed by atoms with Crippen molar-refractivity contribution >= 4 is 11.8 Å². The average molecular weight is 441 g/mol. The van der Waals surface area contributed by atoms with Crippen LogP contribution < -0.4 is 5.32 Å². The Morgan fingerprint density at radius 2 is 1.69 bits per heavy atom. The molecule has 9 heteroatoms. The SMILES string of the molecule is CC(=O)N1CCC(NC(=O)CN2CCN(Cc3nc(-c4ccc(C)cc4)no3)CC2)CC1. The summed E-state index contributed by atoms with van der Waals surface area (Å²) in [5.74, 6) is 1.41. The minimum absolute atomic E-state index is 0.0689. The summed E-state index contributed by atoms with van der Waals surface area (Å²) < 4.78 is 5.45. The zero-order valence-electron chi connectivity index (χ0n) is 18.9. The van der Waals surface area contributed by atoms with Gasteiger partial charge in [-0.2, -0.15) is 4.98 Å². The van der Waals surface area contributed by atoms with E-state index >= 15 is 0 Å². The summed E-state index contributed by atoms with van der Waals surface area (Å²) in [6.45, 7) is 9.49. The van der Waals surface area contributed by atoms with E-state index in [-0.39, 0.29) is 17.9 Å². The Hall–Kier alpha value is -2.78. The first-order chi connectivity index (χ1) is 15.5. The van der Waals surface area contributed by atoms with Crippen molar-refractivity contribution in [2.45, 2.75) is 39.3 Å².